The molecule has 0 spiro atoms. The third-order valence-electron chi connectivity index (χ3n) is 16.8. The molecule has 0 bridgehead atoms. The van der Waals surface area contributed by atoms with Gasteiger partial charge >= 0.3 is 11.9 Å². The third kappa shape index (κ3) is 5.43. The van der Waals surface area contributed by atoms with Gasteiger partial charge in [-0.05, 0) is 122 Å². The fraction of sp³-hybridized carbons (Fsp3) is 0.756. The molecular weight excluding hydrogens is 650 g/mol. The molecule has 1 aromatic carbocycles. The smallest absolute Gasteiger partial charge is 0.309 e. The highest BCUT2D eigenvalue weighted by Crippen LogP contribution is 2.77. The van der Waals surface area contributed by atoms with Gasteiger partial charge in [0.05, 0.1) is 17.9 Å². The minimum Gasteiger partial charge on any atom is -0.481 e. The average Bonchev–Trinajstić information content (AvgIpc) is 3.60. The van der Waals surface area contributed by atoms with Crippen LogP contribution < -0.4 is 0 Å². The van der Waals surface area contributed by atoms with Crippen LogP contribution in [0.5, 0.6) is 0 Å². The van der Waals surface area contributed by atoms with Gasteiger partial charge < -0.3 is 14.9 Å². The Labute approximate surface area is 312 Å². The molecule has 1 heterocycles. The van der Waals surface area contributed by atoms with E-state index in [1.165, 1.54) is 16.7 Å². The second-order valence-electron chi connectivity index (χ2n) is 20.5. The number of esters is 1. The number of carbonyl (C=O) groups excluding carboxylic acids is 2. The van der Waals surface area contributed by atoms with Crippen molar-refractivity contribution in [1.29, 1.82) is 0 Å². The molecule has 1 aromatic rings. The number of rotatable bonds is 8. The summed E-state index contributed by atoms with van der Waals surface area (Å²) in [5, 5.41) is 22.0. The van der Waals surface area contributed by atoms with Gasteiger partial charge in [-0.1, -0.05) is 78.3 Å². The number of ether oxygens (including phenoxy) is 1. The van der Waals surface area contributed by atoms with Crippen LogP contribution in [0.4, 0.5) is 0 Å². The Bertz CT molecular complexity index is 1650. The van der Waals surface area contributed by atoms with Crippen LogP contribution in [0.2, 0.25) is 0 Å². The Morgan fingerprint density at radius 1 is 0.904 bits per heavy atom. The molecule has 6 aliphatic rings. The second-order valence-corrected chi connectivity index (χ2v) is 20.5. The summed E-state index contributed by atoms with van der Waals surface area (Å²) in [7, 11) is 0. The lowest BCUT2D eigenvalue weighted by Crippen LogP contribution is -2.66. The van der Waals surface area contributed by atoms with E-state index in [0.717, 1.165) is 70.0 Å². The van der Waals surface area contributed by atoms with Crippen molar-refractivity contribution in [3.8, 4) is 0 Å². The van der Waals surface area contributed by atoms with E-state index < -0.39 is 28.9 Å². The van der Waals surface area contributed by atoms with Crippen molar-refractivity contribution in [3.05, 3.63) is 46.5 Å². The van der Waals surface area contributed by atoms with Crippen LogP contribution >= 0.6 is 0 Å². The lowest BCUT2D eigenvalue weighted by atomic mass is 9.33. The quantitative estimate of drug-likeness (QED) is 0.260. The molecule has 4 saturated carbocycles. The van der Waals surface area contributed by atoms with E-state index >= 15 is 0 Å². The summed E-state index contributed by atoms with van der Waals surface area (Å²) in [5.41, 5.74) is 3.32. The number of carboxylic acids is 1. The first-order valence-electron chi connectivity index (χ1n) is 20.4. The number of benzene rings is 1. The molecule has 0 saturated heterocycles. The van der Waals surface area contributed by atoms with Crippen LogP contribution in [-0.4, -0.2) is 51.6 Å². The minimum absolute atomic E-state index is 0.00691. The number of hydrogen-bond acceptors (Lipinski definition) is 6. The van der Waals surface area contributed by atoms with Crippen molar-refractivity contribution < 1.29 is 29.3 Å². The molecule has 1 aliphatic heterocycles. The highest BCUT2D eigenvalue weighted by molar-refractivity contribution is 6.00. The number of carbonyl (C=O) groups is 3. The van der Waals surface area contributed by atoms with E-state index in [-0.39, 0.29) is 51.8 Å². The fourth-order valence-electron chi connectivity index (χ4n) is 13.9. The van der Waals surface area contributed by atoms with Crippen LogP contribution in [0.25, 0.3) is 0 Å². The van der Waals surface area contributed by atoms with Crippen molar-refractivity contribution in [2.45, 2.75) is 152 Å². The lowest BCUT2D eigenvalue weighted by molar-refractivity contribution is -0.235. The van der Waals surface area contributed by atoms with E-state index in [1.807, 2.05) is 0 Å². The van der Waals surface area contributed by atoms with Crippen molar-refractivity contribution in [1.82, 2.24) is 4.90 Å². The highest BCUT2D eigenvalue weighted by Gasteiger charge is 2.71. The normalized spacial score (nSPS) is 38.9. The number of aliphatic hydroxyl groups is 1. The zero-order valence-electron chi connectivity index (χ0n) is 33.4. The lowest BCUT2D eigenvalue weighted by Gasteiger charge is -2.72. The number of β-amino-alcohol motifs (C(OH)–C–C–N with tert-alkyl or cyclic N) is 1. The summed E-state index contributed by atoms with van der Waals surface area (Å²) in [6.45, 7) is 22.1. The maximum atomic E-state index is 14.1. The third-order valence-corrected chi connectivity index (χ3v) is 16.8. The van der Waals surface area contributed by atoms with Crippen molar-refractivity contribution in [2.75, 3.05) is 6.54 Å². The first kappa shape index (κ1) is 37.8. The Morgan fingerprint density at radius 3 is 2.17 bits per heavy atom. The molecule has 0 amide bonds. The molecule has 7 nitrogen and oxygen atoms in total. The summed E-state index contributed by atoms with van der Waals surface area (Å²) in [6.07, 6.45) is 7.47. The van der Waals surface area contributed by atoms with Gasteiger partial charge in [0.25, 0.3) is 0 Å². The first-order chi connectivity index (χ1) is 24.2. The zero-order chi connectivity index (χ0) is 37.8. The van der Waals surface area contributed by atoms with Gasteiger partial charge in [0.15, 0.2) is 5.78 Å². The van der Waals surface area contributed by atoms with Crippen molar-refractivity contribution in [2.24, 2.45) is 56.2 Å². The van der Waals surface area contributed by atoms with Crippen LogP contribution in [-0.2, 0) is 32.2 Å². The van der Waals surface area contributed by atoms with Crippen LogP contribution in [0.1, 0.15) is 138 Å². The van der Waals surface area contributed by atoms with Crippen molar-refractivity contribution >= 4 is 17.7 Å². The van der Waals surface area contributed by atoms with E-state index in [1.54, 1.807) is 13.8 Å². The predicted octanol–water partition coefficient (Wildman–Crippen LogP) is 8.76. The van der Waals surface area contributed by atoms with Gasteiger partial charge in [0.1, 0.15) is 6.10 Å². The topological polar surface area (TPSA) is 104 Å². The van der Waals surface area contributed by atoms with Gasteiger partial charge in [0, 0.05) is 36.9 Å². The fourth-order valence-corrected chi connectivity index (χ4v) is 13.9. The Balaban J connectivity index is 1.16. The molecule has 2 N–H and O–H groups in total. The number of ketones is 1. The number of aliphatic hydroxyl groups excluding tert-OH is 1. The summed E-state index contributed by atoms with van der Waals surface area (Å²) in [6, 6.07) is 8.60. The first-order valence-corrected chi connectivity index (χ1v) is 20.4. The number of fused-ring (bicyclic) bond motifs is 8. The van der Waals surface area contributed by atoms with Crippen LogP contribution in [0, 0.1) is 56.2 Å². The Morgan fingerprint density at radius 2 is 1.56 bits per heavy atom. The molecule has 0 aromatic heterocycles. The van der Waals surface area contributed by atoms with Gasteiger partial charge in [-0.3, -0.25) is 19.3 Å². The Kier molecular flexibility index (Phi) is 9.09. The minimum atomic E-state index is -1.16. The average molecular weight is 716 g/mol. The van der Waals surface area contributed by atoms with Gasteiger partial charge in [-0.15, -0.1) is 0 Å². The Hall–Kier alpha value is -2.51. The molecule has 7 rings (SSSR count). The number of carboxylic acid groups (broad SMARTS) is 1. The van der Waals surface area contributed by atoms with Gasteiger partial charge in [-0.25, -0.2) is 0 Å². The standard InChI is InChI=1S/C45H65NO6/c1-27(2)37-31(47)22-45(34(48)26-46-24-28-12-10-11-13-29(28)25-46)21-20-43(8)30(38(37)45)14-15-33-42(7)18-17-35(52-36(49)23-40(3,4)39(50)51)41(5,6)32(42)16-19-44(33,43)9/h10-13,27,30,32-35,48H,14-26H2,1-9H3,(H,50,51). The molecule has 52 heavy (non-hydrogen) atoms. The molecule has 9 atom stereocenters. The highest BCUT2D eigenvalue weighted by atomic mass is 16.5. The molecule has 4 fully saturated rings. The van der Waals surface area contributed by atoms with E-state index in [9.17, 15) is 24.6 Å². The van der Waals surface area contributed by atoms with Crippen LogP contribution in [0.15, 0.2) is 35.4 Å². The number of hydrogen-bond donors (Lipinski definition) is 2. The molecule has 5 aliphatic carbocycles. The van der Waals surface area contributed by atoms with Gasteiger partial charge in [-0.2, -0.15) is 0 Å². The summed E-state index contributed by atoms with van der Waals surface area (Å²) in [4.78, 5) is 41.4. The number of aliphatic carboxylic acids is 1. The largest absolute Gasteiger partial charge is 0.481 e. The summed E-state index contributed by atoms with van der Waals surface area (Å²) in [5.74, 6) is 0.161. The molecule has 286 valence electrons. The van der Waals surface area contributed by atoms with Crippen LogP contribution in [0.3, 0.4) is 0 Å². The predicted molar refractivity (Wildman–Crippen MR) is 202 cm³/mol. The number of nitrogens with zero attached hydrogens (tertiary/aromatic N) is 1. The van der Waals surface area contributed by atoms with Crippen molar-refractivity contribution in [3.63, 3.8) is 0 Å². The maximum Gasteiger partial charge on any atom is 0.309 e. The summed E-state index contributed by atoms with van der Waals surface area (Å²) >= 11 is 0. The van der Waals surface area contributed by atoms with E-state index in [4.69, 9.17) is 4.74 Å². The number of Topliss-reactive ketones (excluding diaryl/α,β-unsaturated/α-hetero) is 1. The number of allylic oxidation sites excluding steroid dienone is 1. The molecule has 9 unspecified atom stereocenters. The second kappa shape index (κ2) is 12.5. The zero-order valence-corrected chi connectivity index (χ0v) is 33.4. The SMILES string of the molecule is CC(C)C1=C2C3CCC4C5(C)CCC(OC(=O)CC(C)(C)C(=O)O)C(C)(C)C5CCC4(C)C3(C)CCC2(C(O)CN2Cc3ccccc3C2)CC1=O. The molecular formula is C45H65NO6. The van der Waals surface area contributed by atoms with E-state index in [0.29, 0.717) is 24.8 Å². The maximum absolute atomic E-state index is 14.1. The monoisotopic (exact) mass is 715 g/mol. The molecule has 0 radical (unpaired) electrons. The summed E-state index contributed by atoms with van der Waals surface area (Å²) < 4.78 is 6.18. The molecule has 7 heteroatoms. The van der Waals surface area contributed by atoms with Gasteiger partial charge in [0.2, 0.25) is 0 Å². The van der Waals surface area contributed by atoms with E-state index in [2.05, 4.69) is 77.6 Å².